The van der Waals surface area contributed by atoms with Crippen LogP contribution in [0.25, 0.3) is 10.6 Å². The third-order valence-corrected chi connectivity index (χ3v) is 6.55. The van der Waals surface area contributed by atoms with Gasteiger partial charge in [0.05, 0.1) is 19.9 Å². The molecule has 0 saturated carbocycles. The summed E-state index contributed by atoms with van der Waals surface area (Å²) in [5.74, 6) is 0.538. The maximum absolute atomic E-state index is 13.0. The third-order valence-electron chi connectivity index (χ3n) is 5.17. The van der Waals surface area contributed by atoms with Crippen molar-refractivity contribution in [3.05, 3.63) is 46.9 Å². The summed E-state index contributed by atoms with van der Waals surface area (Å²) in [5, 5.41) is 17.5. The van der Waals surface area contributed by atoms with Crippen molar-refractivity contribution >= 4 is 50.0 Å². The fraction of sp³-hybridized carbons (Fsp3) is 0.304. The number of halogens is 1. The van der Waals surface area contributed by atoms with Crippen LogP contribution in [0.3, 0.4) is 0 Å². The molecule has 0 saturated heterocycles. The third kappa shape index (κ3) is 6.45. The number of urea groups is 1. The highest BCUT2D eigenvalue weighted by molar-refractivity contribution is 9.10. The molecule has 34 heavy (non-hydrogen) atoms. The fourth-order valence-corrected chi connectivity index (χ4v) is 4.24. The van der Waals surface area contributed by atoms with Gasteiger partial charge in [-0.3, -0.25) is 10.1 Å². The Morgan fingerprint density at radius 1 is 1.09 bits per heavy atom. The van der Waals surface area contributed by atoms with Gasteiger partial charge in [0.25, 0.3) is 0 Å². The molecule has 3 N–H and O–H groups in total. The molecule has 3 rings (SSSR count). The molecule has 0 radical (unpaired) electrons. The van der Waals surface area contributed by atoms with Gasteiger partial charge >= 0.3 is 6.03 Å². The van der Waals surface area contributed by atoms with Crippen LogP contribution < -0.4 is 25.4 Å². The molecule has 0 aliphatic rings. The second-order valence-electron chi connectivity index (χ2n) is 7.44. The molecular weight excluding hydrogens is 522 g/mol. The number of rotatable bonds is 9. The molecule has 0 spiro atoms. The van der Waals surface area contributed by atoms with Gasteiger partial charge in [-0.05, 0) is 30.2 Å². The van der Waals surface area contributed by atoms with Crippen LogP contribution in [0.2, 0.25) is 0 Å². The molecule has 0 fully saturated rings. The summed E-state index contributed by atoms with van der Waals surface area (Å²) in [6.45, 7) is 3.85. The number of benzene rings is 2. The highest BCUT2D eigenvalue weighted by atomic mass is 79.9. The maximum atomic E-state index is 13.0. The Hall–Kier alpha value is -3.18. The van der Waals surface area contributed by atoms with E-state index < -0.39 is 12.1 Å². The molecular formula is C23H26BrN5O4S. The number of methoxy groups -OCH3 is 2. The molecule has 2 aromatic carbocycles. The molecule has 0 bridgehead atoms. The van der Waals surface area contributed by atoms with E-state index in [1.54, 1.807) is 25.3 Å². The predicted molar refractivity (Wildman–Crippen MR) is 137 cm³/mol. The number of hydrogen-bond donors (Lipinski definition) is 3. The topological polar surface area (TPSA) is 114 Å². The van der Waals surface area contributed by atoms with E-state index in [-0.39, 0.29) is 11.8 Å². The van der Waals surface area contributed by atoms with Gasteiger partial charge < -0.3 is 20.1 Å². The summed E-state index contributed by atoms with van der Waals surface area (Å²) in [7, 11) is 3.04. The lowest BCUT2D eigenvalue weighted by Gasteiger charge is -2.23. The van der Waals surface area contributed by atoms with E-state index in [1.807, 2.05) is 38.1 Å². The number of carbonyl (C=O) groups is 2. The summed E-state index contributed by atoms with van der Waals surface area (Å²) in [5.41, 5.74) is 1.34. The van der Waals surface area contributed by atoms with Crippen molar-refractivity contribution in [1.29, 1.82) is 0 Å². The molecule has 1 heterocycles. The van der Waals surface area contributed by atoms with E-state index in [2.05, 4.69) is 42.1 Å². The molecule has 1 aromatic heterocycles. The first-order valence-corrected chi connectivity index (χ1v) is 12.1. The first kappa shape index (κ1) is 25.4. The van der Waals surface area contributed by atoms with Crippen LogP contribution in [0.1, 0.15) is 20.3 Å². The fourth-order valence-electron chi connectivity index (χ4n) is 3.10. The summed E-state index contributed by atoms with van der Waals surface area (Å²) >= 11 is 4.70. The zero-order chi connectivity index (χ0) is 24.7. The number of amides is 3. The van der Waals surface area contributed by atoms with Crippen molar-refractivity contribution < 1.29 is 19.1 Å². The van der Waals surface area contributed by atoms with Crippen molar-refractivity contribution in [1.82, 2.24) is 15.5 Å². The van der Waals surface area contributed by atoms with E-state index >= 15 is 0 Å². The number of nitrogens with one attached hydrogen (secondary N) is 3. The minimum atomic E-state index is -0.785. The molecule has 2 unspecified atom stereocenters. The van der Waals surface area contributed by atoms with Gasteiger partial charge in [0.1, 0.15) is 22.5 Å². The summed E-state index contributed by atoms with van der Waals surface area (Å²) in [6.07, 6.45) is 0.684. The number of nitrogens with zero attached hydrogens (tertiary/aromatic N) is 2. The van der Waals surface area contributed by atoms with Crippen LogP contribution in [0, 0.1) is 5.92 Å². The molecule has 0 aliphatic heterocycles. The van der Waals surface area contributed by atoms with E-state index in [4.69, 9.17) is 9.47 Å². The Kier molecular flexibility index (Phi) is 8.83. The first-order valence-electron chi connectivity index (χ1n) is 10.5. The van der Waals surface area contributed by atoms with E-state index in [9.17, 15) is 9.59 Å². The van der Waals surface area contributed by atoms with Crippen LogP contribution in [-0.2, 0) is 4.79 Å². The summed E-state index contributed by atoms with van der Waals surface area (Å²) in [4.78, 5) is 25.8. The quantitative estimate of drug-likeness (QED) is 0.341. The van der Waals surface area contributed by atoms with Crippen LogP contribution in [0.4, 0.5) is 15.6 Å². The number of hydrogen-bond acceptors (Lipinski definition) is 7. The molecule has 180 valence electrons. The van der Waals surface area contributed by atoms with E-state index in [0.717, 1.165) is 10.0 Å². The lowest BCUT2D eigenvalue weighted by atomic mass is 9.98. The normalized spacial score (nSPS) is 12.4. The Balaban J connectivity index is 1.70. The van der Waals surface area contributed by atoms with Crippen LogP contribution in [-0.4, -0.2) is 42.4 Å². The lowest BCUT2D eigenvalue weighted by molar-refractivity contribution is -0.119. The first-order chi connectivity index (χ1) is 16.3. The zero-order valence-electron chi connectivity index (χ0n) is 19.2. The molecule has 11 heteroatoms. The molecule has 0 aliphatic carbocycles. The number of aromatic nitrogens is 2. The number of carbonyl (C=O) groups excluding carboxylic acids is 2. The molecule has 2 atom stereocenters. The average Bonchev–Trinajstić information content (AvgIpc) is 3.30. The monoisotopic (exact) mass is 547 g/mol. The lowest BCUT2D eigenvalue weighted by Crippen LogP contribution is -2.49. The highest BCUT2D eigenvalue weighted by Gasteiger charge is 2.27. The average molecular weight is 548 g/mol. The van der Waals surface area contributed by atoms with Gasteiger partial charge in [-0.25, -0.2) is 4.79 Å². The predicted octanol–water partition coefficient (Wildman–Crippen LogP) is 5.16. The smallest absolute Gasteiger partial charge is 0.320 e. The Morgan fingerprint density at radius 2 is 1.88 bits per heavy atom. The van der Waals surface area contributed by atoms with Gasteiger partial charge in [0, 0.05) is 16.1 Å². The minimum absolute atomic E-state index is 0.124. The minimum Gasteiger partial charge on any atom is -0.497 e. The van der Waals surface area contributed by atoms with Crippen molar-refractivity contribution in [3.8, 4) is 22.1 Å². The van der Waals surface area contributed by atoms with Crippen molar-refractivity contribution in [3.63, 3.8) is 0 Å². The van der Waals surface area contributed by atoms with Gasteiger partial charge in [-0.2, -0.15) is 0 Å². The Bertz CT molecular complexity index is 1160. The van der Waals surface area contributed by atoms with Crippen LogP contribution >= 0.6 is 27.3 Å². The van der Waals surface area contributed by atoms with Crippen molar-refractivity contribution in [2.24, 2.45) is 5.92 Å². The number of anilines is 2. The molecule has 3 aromatic rings. The largest absolute Gasteiger partial charge is 0.497 e. The molecule has 9 nitrogen and oxygen atoms in total. The Labute approximate surface area is 210 Å². The van der Waals surface area contributed by atoms with E-state index in [1.165, 1.54) is 18.4 Å². The standard InChI is InChI=1S/C23H26BrN5O4S/c1-5-13(2)19(26-22(31)25-17-10-9-16(32-3)12-18(17)33-4)20(30)27-23-29-28-21(34-23)14-7-6-8-15(24)11-14/h6-13,19H,5H2,1-4H3,(H2,25,26,31)(H,27,29,30). The van der Waals surface area contributed by atoms with Gasteiger partial charge in [-0.15, -0.1) is 10.2 Å². The van der Waals surface area contributed by atoms with Crippen molar-refractivity contribution in [2.75, 3.05) is 24.9 Å². The van der Waals surface area contributed by atoms with E-state index in [0.29, 0.717) is 33.7 Å². The van der Waals surface area contributed by atoms with Gasteiger partial charge in [0.15, 0.2) is 0 Å². The van der Waals surface area contributed by atoms with Crippen LogP contribution in [0.15, 0.2) is 46.9 Å². The second kappa shape index (κ2) is 11.8. The SMILES string of the molecule is CCC(C)C(NC(=O)Nc1ccc(OC)cc1OC)C(=O)Nc1nnc(-c2cccc(Br)c2)s1. The van der Waals surface area contributed by atoms with Crippen LogP contribution in [0.5, 0.6) is 11.5 Å². The number of ether oxygens (including phenoxy) is 2. The van der Waals surface area contributed by atoms with Crippen molar-refractivity contribution in [2.45, 2.75) is 26.3 Å². The summed E-state index contributed by atoms with van der Waals surface area (Å²) in [6, 6.07) is 11.4. The second-order valence-corrected chi connectivity index (χ2v) is 9.33. The van der Waals surface area contributed by atoms with Gasteiger partial charge in [0.2, 0.25) is 11.0 Å². The highest BCUT2D eigenvalue weighted by Crippen LogP contribution is 2.30. The maximum Gasteiger partial charge on any atom is 0.320 e. The zero-order valence-corrected chi connectivity index (χ0v) is 21.6. The molecule has 3 amide bonds. The summed E-state index contributed by atoms with van der Waals surface area (Å²) < 4.78 is 11.4. The van der Waals surface area contributed by atoms with Gasteiger partial charge in [-0.1, -0.05) is 59.7 Å². The Morgan fingerprint density at radius 3 is 2.56 bits per heavy atom.